The van der Waals surface area contributed by atoms with Crippen LogP contribution in [0.3, 0.4) is 0 Å². The predicted molar refractivity (Wildman–Crippen MR) is 109 cm³/mol. The van der Waals surface area contributed by atoms with Gasteiger partial charge in [-0.25, -0.2) is 4.98 Å². The fraction of sp³-hybridized carbons (Fsp3) is 0.318. The van der Waals surface area contributed by atoms with Gasteiger partial charge in [0.25, 0.3) is 5.56 Å². The first-order valence-corrected chi connectivity index (χ1v) is 9.48. The summed E-state index contributed by atoms with van der Waals surface area (Å²) in [7, 11) is 0. The Labute approximate surface area is 164 Å². The van der Waals surface area contributed by atoms with E-state index in [-0.39, 0.29) is 17.9 Å². The molecular weight excluding hydrogens is 354 g/mol. The number of ether oxygens (including phenoxy) is 1. The van der Waals surface area contributed by atoms with Crippen molar-refractivity contribution < 1.29 is 9.53 Å². The Kier molecular flexibility index (Phi) is 6.92. The number of rotatable bonds is 9. The van der Waals surface area contributed by atoms with Crippen LogP contribution in [-0.4, -0.2) is 28.6 Å². The third kappa shape index (κ3) is 5.27. The summed E-state index contributed by atoms with van der Waals surface area (Å²) in [5.41, 5.74) is 2.70. The van der Waals surface area contributed by atoms with Gasteiger partial charge in [0.15, 0.2) is 0 Å². The monoisotopic (exact) mass is 379 g/mol. The minimum Gasteiger partial charge on any atom is -0.377 e. The van der Waals surface area contributed by atoms with E-state index in [0.29, 0.717) is 37.2 Å². The summed E-state index contributed by atoms with van der Waals surface area (Å²) in [5, 5.41) is 3.44. The van der Waals surface area contributed by atoms with E-state index in [0.717, 1.165) is 17.5 Å². The van der Waals surface area contributed by atoms with E-state index >= 15 is 0 Å². The summed E-state index contributed by atoms with van der Waals surface area (Å²) < 4.78 is 7.08. The van der Waals surface area contributed by atoms with Crippen molar-refractivity contribution in [3.05, 3.63) is 76.3 Å². The maximum atomic E-state index is 12.5. The van der Waals surface area contributed by atoms with E-state index in [1.807, 2.05) is 49.4 Å². The van der Waals surface area contributed by atoms with Gasteiger partial charge in [-0.15, -0.1) is 0 Å². The molecule has 0 unspecified atom stereocenters. The van der Waals surface area contributed by atoms with E-state index in [1.165, 1.54) is 10.9 Å². The Bertz CT molecular complexity index is 983. The van der Waals surface area contributed by atoms with Gasteiger partial charge in [-0.05, 0) is 30.5 Å². The molecule has 0 aliphatic rings. The molecule has 0 saturated heterocycles. The van der Waals surface area contributed by atoms with Crippen LogP contribution in [0.15, 0.2) is 59.7 Å². The second kappa shape index (κ2) is 9.80. The van der Waals surface area contributed by atoms with E-state index in [4.69, 9.17) is 4.74 Å². The molecule has 0 aliphatic carbocycles. The summed E-state index contributed by atoms with van der Waals surface area (Å²) in [4.78, 5) is 28.9. The Morgan fingerprint density at radius 3 is 2.79 bits per heavy atom. The van der Waals surface area contributed by atoms with Crippen molar-refractivity contribution in [2.45, 2.75) is 32.9 Å². The molecule has 0 radical (unpaired) electrons. The van der Waals surface area contributed by atoms with Gasteiger partial charge < -0.3 is 10.1 Å². The van der Waals surface area contributed by atoms with Crippen molar-refractivity contribution in [2.24, 2.45) is 0 Å². The van der Waals surface area contributed by atoms with Crippen LogP contribution < -0.4 is 10.9 Å². The lowest BCUT2D eigenvalue weighted by atomic mass is 10.1. The van der Waals surface area contributed by atoms with Crippen LogP contribution in [-0.2, 0) is 22.7 Å². The third-order valence-electron chi connectivity index (χ3n) is 4.53. The Morgan fingerprint density at radius 2 is 1.96 bits per heavy atom. The number of benzene rings is 2. The van der Waals surface area contributed by atoms with Crippen LogP contribution in [0.5, 0.6) is 0 Å². The maximum absolute atomic E-state index is 12.5. The lowest BCUT2D eigenvalue weighted by Crippen LogP contribution is -2.28. The lowest BCUT2D eigenvalue weighted by molar-refractivity contribution is -0.121. The predicted octanol–water partition coefficient (Wildman–Crippen LogP) is 2.82. The quantitative estimate of drug-likeness (QED) is 0.580. The molecule has 3 aromatic rings. The van der Waals surface area contributed by atoms with Crippen molar-refractivity contribution in [1.29, 1.82) is 0 Å². The number of carbonyl (C=O) groups excluding carboxylic acids is 1. The highest BCUT2D eigenvalue weighted by atomic mass is 16.5. The largest absolute Gasteiger partial charge is 0.377 e. The van der Waals surface area contributed by atoms with Crippen LogP contribution in [0.2, 0.25) is 0 Å². The standard InChI is InChI=1S/C22H25N3O3/c1-17-7-5-10-19-21(17)24-16-25(22(19)27)13-11-20(26)23-12-6-14-28-15-18-8-3-2-4-9-18/h2-5,7-10,16H,6,11-15H2,1H3,(H,23,26). The SMILES string of the molecule is Cc1cccc2c(=O)n(CCC(=O)NCCCOCc3ccccc3)cnc12. The van der Waals surface area contributed by atoms with Crippen LogP contribution in [0, 0.1) is 6.92 Å². The number of amides is 1. The molecule has 6 heteroatoms. The number of nitrogens with one attached hydrogen (secondary N) is 1. The molecule has 28 heavy (non-hydrogen) atoms. The summed E-state index contributed by atoms with van der Waals surface area (Å²) in [6.07, 6.45) is 2.50. The zero-order valence-electron chi connectivity index (χ0n) is 16.1. The Morgan fingerprint density at radius 1 is 1.14 bits per heavy atom. The highest BCUT2D eigenvalue weighted by molar-refractivity contribution is 5.80. The van der Waals surface area contributed by atoms with Gasteiger partial charge >= 0.3 is 0 Å². The normalized spacial score (nSPS) is 10.9. The molecule has 0 saturated carbocycles. The maximum Gasteiger partial charge on any atom is 0.261 e. The Balaban J connectivity index is 1.38. The average molecular weight is 379 g/mol. The van der Waals surface area contributed by atoms with Gasteiger partial charge in [-0.3, -0.25) is 14.2 Å². The van der Waals surface area contributed by atoms with E-state index in [9.17, 15) is 9.59 Å². The zero-order valence-corrected chi connectivity index (χ0v) is 16.1. The second-order valence-electron chi connectivity index (χ2n) is 6.71. The van der Waals surface area contributed by atoms with E-state index < -0.39 is 0 Å². The molecule has 146 valence electrons. The molecule has 0 aliphatic heterocycles. The number of carbonyl (C=O) groups is 1. The van der Waals surface area contributed by atoms with Crippen molar-refractivity contribution in [3.63, 3.8) is 0 Å². The summed E-state index contributed by atoms with van der Waals surface area (Å²) in [5.74, 6) is -0.0840. The number of fused-ring (bicyclic) bond motifs is 1. The smallest absolute Gasteiger partial charge is 0.261 e. The minimum absolute atomic E-state index is 0.0840. The molecule has 0 fully saturated rings. The molecule has 1 heterocycles. The number of aromatic nitrogens is 2. The van der Waals surface area contributed by atoms with Gasteiger partial charge in [-0.2, -0.15) is 0 Å². The minimum atomic E-state index is -0.115. The zero-order chi connectivity index (χ0) is 19.8. The first-order valence-electron chi connectivity index (χ1n) is 9.48. The van der Waals surface area contributed by atoms with Crippen LogP contribution in [0.1, 0.15) is 24.0 Å². The molecule has 1 aromatic heterocycles. The molecule has 0 bridgehead atoms. The number of aryl methyl sites for hydroxylation is 2. The lowest BCUT2D eigenvalue weighted by Gasteiger charge is -2.09. The molecule has 0 spiro atoms. The molecule has 3 rings (SSSR count). The number of hydrogen-bond donors (Lipinski definition) is 1. The molecule has 2 aromatic carbocycles. The average Bonchev–Trinajstić information content (AvgIpc) is 2.71. The van der Waals surface area contributed by atoms with Crippen molar-refractivity contribution >= 4 is 16.8 Å². The second-order valence-corrected chi connectivity index (χ2v) is 6.71. The highest BCUT2D eigenvalue weighted by Crippen LogP contribution is 2.11. The van der Waals surface area contributed by atoms with Crippen LogP contribution in [0.4, 0.5) is 0 Å². The van der Waals surface area contributed by atoms with Crippen molar-refractivity contribution in [2.75, 3.05) is 13.2 Å². The van der Waals surface area contributed by atoms with Crippen LogP contribution in [0.25, 0.3) is 10.9 Å². The molecular formula is C22H25N3O3. The summed E-state index contributed by atoms with van der Waals surface area (Å²) in [6.45, 7) is 3.95. The van der Waals surface area contributed by atoms with Gasteiger partial charge in [0.2, 0.25) is 5.91 Å². The highest BCUT2D eigenvalue weighted by Gasteiger charge is 2.07. The first-order chi connectivity index (χ1) is 13.6. The first kappa shape index (κ1) is 19.8. The molecule has 0 atom stereocenters. The van der Waals surface area contributed by atoms with E-state index in [1.54, 1.807) is 6.07 Å². The van der Waals surface area contributed by atoms with Crippen molar-refractivity contribution in [1.82, 2.24) is 14.9 Å². The van der Waals surface area contributed by atoms with Crippen molar-refractivity contribution in [3.8, 4) is 0 Å². The number of para-hydroxylation sites is 1. The molecule has 1 N–H and O–H groups in total. The summed E-state index contributed by atoms with van der Waals surface area (Å²) >= 11 is 0. The molecule has 1 amide bonds. The van der Waals surface area contributed by atoms with Gasteiger partial charge in [0, 0.05) is 26.1 Å². The van der Waals surface area contributed by atoms with E-state index in [2.05, 4.69) is 10.3 Å². The molecule has 6 nitrogen and oxygen atoms in total. The topological polar surface area (TPSA) is 73.2 Å². The summed E-state index contributed by atoms with van der Waals surface area (Å²) in [6, 6.07) is 15.5. The Hall–Kier alpha value is -2.99. The third-order valence-corrected chi connectivity index (χ3v) is 4.53. The van der Waals surface area contributed by atoms with Gasteiger partial charge in [0.05, 0.1) is 23.8 Å². The number of nitrogens with zero attached hydrogens (tertiary/aromatic N) is 2. The fourth-order valence-corrected chi connectivity index (χ4v) is 2.97. The van der Waals surface area contributed by atoms with Crippen LogP contribution >= 0.6 is 0 Å². The van der Waals surface area contributed by atoms with Gasteiger partial charge in [0.1, 0.15) is 0 Å². The fourth-order valence-electron chi connectivity index (χ4n) is 2.97. The van der Waals surface area contributed by atoms with Gasteiger partial charge in [-0.1, -0.05) is 42.5 Å². The number of hydrogen-bond acceptors (Lipinski definition) is 4.